The van der Waals surface area contributed by atoms with Gasteiger partial charge in [0.2, 0.25) is 0 Å². The fraction of sp³-hybridized carbons (Fsp3) is 0.409. The maximum absolute atomic E-state index is 13.1. The number of hydrogen-bond acceptors (Lipinski definition) is 3. The van der Waals surface area contributed by atoms with Gasteiger partial charge < -0.3 is 14.9 Å². The molecule has 6 heteroatoms. The third-order valence-corrected chi connectivity index (χ3v) is 5.73. The van der Waals surface area contributed by atoms with Gasteiger partial charge in [-0.3, -0.25) is 4.90 Å². The van der Waals surface area contributed by atoms with Crippen LogP contribution in [0.5, 0.6) is 0 Å². The van der Waals surface area contributed by atoms with Gasteiger partial charge >= 0.3 is 6.03 Å². The molecule has 1 aliphatic rings. The molecule has 0 bridgehead atoms. The van der Waals surface area contributed by atoms with Gasteiger partial charge in [0.05, 0.1) is 5.60 Å². The second-order valence-corrected chi connectivity index (χ2v) is 8.20. The maximum Gasteiger partial charge on any atom is 0.324 e. The lowest BCUT2D eigenvalue weighted by atomic mass is 9.75. The normalized spacial score (nSPS) is 22.4. The van der Waals surface area contributed by atoms with Crippen molar-refractivity contribution >= 4 is 23.3 Å². The summed E-state index contributed by atoms with van der Waals surface area (Å²) in [5.41, 5.74) is 0.722. The first kappa shape index (κ1) is 20.6. The van der Waals surface area contributed by atoms with Gasteiger partial charge in [-0.25, -0.2) is 4.79 Å². The van der Waals surface area contributed by atoms with Gasteiger partial charge in [0.15, 0.2) is 0 Å². The van der Waals surface area contributed by atoms with Crippen molar-refractivity contribution in [2.75, 3.05) is 45.7 Å². The first-order valence-electron chi connectivity index (χ1n) is 9.52. The molecule has 2 aromatic carbocycles. The predicted molar refractivity (Wildman–Crippen MR) is 114 cm³/mol. The SMILES string of the molecule is CN(C)CC1CN(C(=O)N(C)c2cccc(Cl)c2)CCC1(O)c1ccccc1. The monoisotopic (exact) mass is 401 g/mol. The van der Waals surface area contributed by atoms with Crippen LogP contribution in [0, 0.1) is 5.92 Å². The summed E-state index contributed by atoms with van der Waals surface area (Å²) in [7, 11) is 5.74. The van der Waals surface area contributed by atoms with Crippen LogP contribution in [0.4, 0.5) is 10.5 Å². The number of aliphatic hydroxyl groups is 1. The third-order valence-electron chi connectivity index (χ3n) is 5.49. The van der Waals surface area contributed by atoms with E-state index < -0.39 is 5.60 Å². The topological polar surface area (TPSA) is 47.0 Å². The molecule has 2 amide bonds. The Kier molecular flexibility index (Phi) is 6.28. The van der Waals surface area contributed by atoms with Crippen LogP contribution in [-0.2, 0) is 5.60 Å². The number of piperidine rings is 1. The Morgan fingerprint density at radius 2 is 1.89 bits per heavy atom. The molecule has 2 atom stereocenters. The number of hydrogen-bond donors (Lipinski definition) is 1. The van der Waals surface area contributed by atoms with E-state index in [4.69, 9.17) is 11.6 Å². The lowest BCUT2D eigenvalue weighted by molar-refractivity contribution is -0.0752. The van der Waals surface area contributed by atoms with Crippen LogP contribution < -0.4 is 4.90 Å². The quantitative estimate of drug-likeness (QED) is 0.850. The molecule has 0 radical (unpaired) electrons. The molecule has 1 N–H and O–H groups in total. The second kappa shape index (κ2) is 8.52. The van der Waals surface area contributed by atoms with Crippen LogP contribution in [0.1, 0.15) is 12.0 Å². The fourth-order valence-electron chi connectivity index (χ4n) is 3.96. The van der Waals surface area contributed by atoms with Crippen molar-refractivity contribution in [1.82, 2.24) is 9.80 Å². The molecule has 1 aliphatic heterocycles. The van der Waals surface area contributed by atoms with Crippen LogP contribution in [0.25, 0.3) is 0 Å². The Morgan fingerprint density at radius 1 is 1.18 bits per heavy atom. The van der Waals surface area contributed by atoms with E-state index >= 15 is 0 Å². The molecule has 1 fully saturated rings. The van der Waals surface area contributed by atoms with Gasteiger partial charge in [-0.15, -0.1) is 0 Å². The zero-order valence-electron chi connectivity index (χ0n) is 16.7. The predicted octanol–water partition coefficient (Wildman–Crippen LogP) is 3.67. The summed E-state index contributed by atoms with van der Waals surface area (Å²) in [6.45, 7) is 1.68. The number of nitrogens with zero attached hydrogens (tertiary/aromatic N) is 3. The second-order valence-electron chi connectivity index (χ2n) is 7.77. The Balaban J connectivity index is 1.81. The highest BCUT2D eigenvalue weighted by Crippen LogP contribution is 2.38. The largest absolute Gasteiger partial charge is 0.385 e. The molecule has 28 heavy (non-hydrogen) atoms. The van der Waals surface area contributed by atoms with E-state index in [-0.39, 0.29) is 11.9 Å². The number of urea groups is 1. The van der Waals surface area contributed by atoms with Crippen LogP contribution in [0.2, 0.25) is 5.02 Å². The van der Waals surface area contributed by atoms with E-state index in [0.29, 0.717) is 31.1 Å². The smallest absolute Gasteiger partial charge is 0.324 e. The molecular formula is C22H28ClN3O2. The molecular weight excluding hydrogens is 374 g/mol. The third kappa shape index (κ3) is 4.32. The molecule has 1 saturated heterocycles. The minimum absolute atomic E-state index is 0.0823. The lowest BCUT2D eigenvalue weighted by Gasteiger charge is -2.46. The number of halogens is 1. The molecule has 0 spiro atoms. The van der Waals surface area contributed by atoms with Crippen molar-refractivity contribution in [1.29, 1.82) is 0 Å². The molecule has 3 rings (SSSR count). The summed E-state index contributed by atoms with van der Waals surface area (Å²) in [6, 6.07) is 17.0. The first-order chi connectivity index (χ1) is 13.3. The standard InChI is InChI=1S/C22H28ClN3O2/c1-24(2)15-18-16-26(13-12-22(18,28)17-8-5-4-6-9-17)21(27)25(3)20-11-7-10-19(23)14-20/h4-11,14,18,28H,12-13,15-16H2,1-3H3. The molecule has 0 saturated carbocycles. The van der Waals surface area contributed by atoms with Crippen molar-refractivity contribution in [3.63, 3.8) is 0 Å². The summed E-state index contributed by atoms with van der Waals surface area (Å²) < 4.78 is 0. The minimum atomic E-state index is -0.947. The van der Waals surface area contributed by atoms with Crippen molar-refractivity contribution in [3.05, 3.63) is 65.2 Å². The van der Waals surface area contributed by atoms with Crippen LogP contribution >= 0.6 is 11.6 Å². The fourth-order valence-corrected chi connectivity index (χ4v) is 4.14. The Hall–Kier alpha value is -2.08. The number of anilines is 1. The van der Waals surface area contributed by atoms with E-state index in [1.807, 2.05) is 61.5 Å². The Labute approximate surface area is 172 Å². The summed E-state index contributed by atoms with van der Waals surface area (Å²) >= 11 is 6.07. The number of likely N-dealkylation sites (tertiary alicyclic amines) is 1. The van der Waals surface area contributed by atoms with E-state index in [0.717, 1.165) is 11.3 Å². The first-order valence-corrected chi connectivity index (χ1v) is 9.90. The summed E-state index contributed by atoms with van der Waals surface area (Å²) in [6.07, 6.45) is 0.505. The zero-order valence-corrected chi connectivity index (χ0v) is 17.4. The van der Waals surface area contributed by atoms with Crippen LogP contribution in [0.15, 0.2) is 54.6 Å². The van der Waals surface area contributed by atoms with Crippen LogP contribution in [0.3, 0.4) is 0 Å². The number of carbonyl (C=O) groups excluding carboxylic acids is 1. The zero-order chi connectivity index (χ0) is 20.3. The maximum atomic E-state index is 13.1. The van der Waals surface area contributed by atoms with Gasteiger partial charge in [0.1, 0.15) is 0 Å². The highest BCUT2D eigenvalue weighted by molar-refractivity contribution is 6.30. The molecule has 5 nitrogen and oxygen atoms in total. The van der Waals surface area contributed by atoms with E-state index in [2.05, 4.69) is 4.90 Å². The molecule has 2 unspecified atom stereocenters. The molecule has 1 heterocycles. The van der Waals surface area contributed by atoms with Gasteiger partial charge in [0.25, 0.3) is 0 Å². The summed E-state index contributed by atoms with van der Waals surface area (Å²) in [5.74, 6) is -0.0876. The van der Waals surface area contributed by atoms with Gasteiger partial charge in [-0.1, -0.05) is 48.0 Å². The highest BCUT2D eigenvalue weighted by Gasteiger charge is 2.44. The van der Waals surface area contributed by atoms with Gasteiger partial charge in [0, 0.05) is 43.3 Å². The highest BCUT2D eigenvalue weighted by atomic mass is 35.5. The number of benzene rings is 2. The summed E-state index contributed by atoms with van der Waals surface area (Å²) in [5, 5.41) is 12.1. The van der Waals surface area contributed by atoms with Gasteiger partial charge in [-0.2, -0.15) is 0 Å². The van der Waals surface area contributed by atoms with Crippen LogP contribution in [-0.4, -0.2) is 61.7 Å². The van der Waals surface area contributed by atoms with Crippen molar-refractivity contribution in [2.45, 2.75) is 12.0 Å². The minimum Gasteiger partial charge on any atom is -0.385 e. The van der Waals surface area contributed by atoms with E-state index in [1.165, 1.54) is 0 Å². The van der Waals surface area contributed by atoms with E-state index in [9.17, 15) is 9.90 Å². The Bertz CT molecular complexity index is 814. The number of rotatable bonds is 4. The molecule has 2 aromatic rings. The Morgan fingerprint density at radius 3 is 2.54 bits per heavy atom. The molecule has 0 aliphatic carbocycles. The lowest BCUT2D eigenvalue weighted by Crippen LogP contribution is -2.56. The van der Waals surface area contributed by atoms with Crippen molar-refractivity contribution < 1.29 is 9.90 Å². The molecule has 0 aromatic heterocycles. The molecule has 150 valence electrons. The summed E-state index contributed by atoms with van der Waals surface area (Å²) in [4.78, 5) is 18.6. The van der Waals surface area contributed by atoms with Crippen molar-refractivity contribution in [3.8, 4) is 0 Å². The average molecular weight is 402 g/mol. The van der Waals surface area contributed by atoms with E-state index in [1.54, 1.807) is 24.1 Å². The number of carbonyl (C=O) groups is 1. The number of amides is 2. The van der Waals surface area contributed by atoms with Crippen molar-refractivity contribution in [2.24, 2.45) is 5.92 Å². The van der Waals surface area contributed by atoms with Gasteiger partial charge in [-0.05, 0) is 44.3 Å². The average Bonchev–Trinajstić information content (AvgIpc) is 2.69.